The summed E-state index contributed by atoms with van der Waals surface area (Å²) in [4.78, 5) is 16.0. The molecule has 0 radical (unpaired) electrons. The molecular weight excluding hydrogens is 146 g/mol. The zero-order valence-corrected chi connectivity index (χ0v) is 6.87. The van der Waals surface area contributed by atoms with E-state index in [9.17, 15) is 4.79 Å². The molecule has 0 N–H and O–H groups in total. The van der Waals surface area contributed by atoms with Crippen LogP contribution in [0.3, 0.4) is 0 Å². The fourth-order valence-corrected chi connectivity index (χ4v) is 1.07. The number of ether oxygens (including phenoxy) is 1. The standard InChI is InChI=1S/C7H13NO3/c1-8(10-2)7(9)6-4-3-5-11-6/h6H,3-5H2,1-2H3. The third-order valence-electron chi connectivity index (χ3n) is 1.79. The number of likely N-dealkylation sites (N-methyl/N-ethyl adjacent to an activating group) is 1. The van der Waals surface area contributed by atoms with Gasteiger partial charge in [0.25, 0.3) is 5.91 Å². The first kappa shape index (κ1) is 8.49. The summed E-state index contributed by atoms with van der Waals surface area (Å²) in [5.41, 5.74) is 0. The number of carbonyl (C=O) groups is 1. The Balaban J connectivity index is 2.39. The van der Waals surface area contributed by atoms with Crippen molar-refractivity contribution in [3.05, 3.63) is 0 Å². The Hall–Kier alpha value is -0.610. The van der Waals surface area contributed by atoms with Gasteiger partial charge in [-0.1, -0.05) is 0 Å². The minimum Gasteiger partial charge on any atom is -0.368 e. The molecule has 0 saturated carbocycles. The maximum atomic E-state index is 11.3. The fraction of sp³-hybridized carbons (Fsp3) is 0.857. The molecular formula is C7H13NO3. The van der Waals surface area contributed by atoms with Crippen LogP contribution < -0.4 is 0 Å². The van der Waals surface area contributed by atoms with Crippen molar-refractivity contribution in [1.82, 2.24) is 5.06 Å². The van der Waals surface area contributed by atoms with Crippen molar-refractivity contribution < 1.29 is 14.4 Å². The number of rotatable bonds is 2. The normalized spacial score (nSPS) is 23.6. The quantitative estimate of drug-likeness (QED) is 0.540. The molecule has 0 aliphatic carbocycles. The second kappa shape index (κ2) is 3.69. The third kappa shape index (κ3) is 1.91. The van der Waals surface area contributed by atoms with Crippen LogP contribution in [0.15, 0.2) is 0 Å². The van der Waals surface area contributed by atoms with Crippen LogP contribution in [0.1, 0.15) is 12.8 Å². The highest BCUT2D eigenvalue weighted by atomic mass is 16.7. The Morgan fingerprint density at radius 3 is 2.91 bits per heavy atom. The van der Waals surface area contributed by atoms with Crippen molar-refractivity contribution in [2.45, 2.75) is 18.9 Å². The van der Waals surface area contributed by atoms with E-state index >= 15 is 0 Å². The molecule has 1 rings (SSSR count). The van der Waals surface area contributed by atoms with Gasteiger partial charge in [0.2, 0.25) is 0 Å². The minimum absolute atomic E-state index is 0.0926. The van der Waals surface area contributed by atoms with Gasteiger partial charge < -0.3 is 4.74 Å². The van der Waals surface area contributed by atoms with Gasteiger partial charge >= 0.3 is 0 Å². The first-order chi connectivity index (χ1) is 5.25. The average molecular weight is 159 g/mol. The van der Waals surface area contributed by atoms with Gasteiger partial charge in [0.1, 0.15) is 6.10 Å². The maximum absolute atomic E-state index is 11.3. The molecule has 1 heterocycles. The highest BCUT2D eigenvalue weighted by Gasteiger charge is 2.26. The number of hydrogen-bond donors (Lipinski definition) is 0. The van der Waals surface area contributed by atoms with Crippen LogP contribution in [0, 0.1) is 0 Å². The molecule has 1 fully saturated rings. The molecule has 1 amide bonds. The van der Waals surface area contributed by atoms with Crippen LogP contribution in [-0.2, 0) is 14.4 Å². The van der Waals surface area contributed by atoms with Gasteiger partial charge in [-0.15, -0.1) is 0 Å². The summed E-state index contributed by atoms with van der Waals surface area (Å²) in [5.74, 6) is -0.0926. The second-order valence-electron chi connectivity index (χ2n) is 2.52. The van der Waals surface area contributed by atoms with Crippen molar-refractivity contribution in [2.24, 2.45) is 0 Å². The Morgan fingerprint density at radius 2 is 2.45 bits per heavy atom. The average Bonchev–Trinajstić information content (AvgIpc) is 2.53. The van der Waals surface area contributed by atoms with Crippen LogP contribution >= 0.6 is 0 Å². The third-order valence-corrected chi connectivity index (χ3v) is 1.79. The lowest BCUT2D eigenvalue weighted by Crippen LogP contribution is -2.35. The summed E-state index contributed by atoms with van der Waals surface area (Å²) < 4.78 is 5.17. The predicted octanol–water partition coefficient (Wildman–Crippen LogP) is 0.185. The van der Waals surface area contributed by atoms with Gasteiger partial charge in [-0.25, -0.2) is 5.06 Å². The molecule has 64 valence electrons. The van der Waals surface area contributed by atoms with Crippen LogP contribution in [-0.4, -0.2) is 37.8 Å². The van der Waals surface area contributed by atoms with E-state index in [1.54, 1.807) is 7.05 Å². The fourth-order valence-electron chi connectivity index (χ4n) is 1.07. The Kier molecular flexibility index (Phi) is 2.84. The second-order valence-corrected chi connectivity index (χ2v) is 2.52. The van der Waals surface area contributed by atoms with E-state index in [0.717, 1.165) is 12.8 Å². The summed E-state index contributed by atoms with van der Waals surface area (Å²) in [6.07, 6.45) is 1.50. The summed E-state index contributed by atoms with van der Waals surface area (Å²) >= 11 is 0. The minimum atomic E-state index is -0.278. The Labute approximate surface area is 66.0 Å². The molecule has 0 bridgehead atoms. The topological polar surface area (TPSA) is 38.8 Å². The van der Waals surface area contributed by atoms with E-state index in [4.69, 9.17) is 9.57 Å². The predicted molar refractivity (Wildman–Crippen MR) is 38.8 cm³/mol. The first-order valence-electron chi connectivity index (χ1n) is 3.69. The molecule has 1 aliphatic rings. The molecule has 1 unspecified atom stereocenters. The summed E-state index contributed by atoms with van der Waals surface area (Å²) in [6.45, 7) is 0.688. The van der Waals surface area contributed by atoms with Gasteiger partial charge in [-0.3, -0.25) is 9.63 Å². The number of hydrogen-bond acceptors (Lipinski definition) is 3. The number of amides is 1. The highest BCUT2D eigenvalue weighted by Crippen LogP contribution is 2.13. The first-order valence-corrected chi connectivity index (χ1v) is 3.69. The monoisotopic (exact) mass is 159 g/mol. The van der Waals surface area contributed by atoms with Crippen LogP contribution in [0.2, 0.25) is 0 Å². The SMILES string of the molecule is CON(C)C(=O)C1CCCO1. The van der Waals surface area contributed by atoms with Gasteiger partial charge in [0.15, 0.2) is 0 Å². The van der Waals surface area contributed by atoms with Crippen molar-refractivity contribution in [3.8, 4) is 0 Å². The van der Waals surface area contributed by atoms with E-state index in [1.165, 1.54) is 12.2 Å². The number of nitrogens with zero attached hydrogens (tertiary/aromatic N) is 1. The largest absolute Gasteiger partial charge is 0.368 e. The molecule has 1 saturated heterocycles. The molecule has 1 aliphatic heterocycles. The number of carbonyl (C=O) groups excluding carboxylic acids is 1. The van der Waals surface area contributed by atoms with Gasteiger partial charge in [0, 0.05) is 13.7 Å². The smallest absolute Gasteiger partial charge is 0.274 e. The van der Waals surface area contributed by atoms with Gasteiger partial charge in [-0.05, 0) is 12.8 Å². The van der Waals surface area contributed by atoms with E-state index in [-0.39, 0.29) is 12.0 Å². The lowest BCUT2D eigenvalue weighted by atomic mass is 10.2. The molecule has 11 heavy (non-hydrogen) atoms. The zero-order chi connectivity index (χ0) is 8.27. The van der Waals surface area contributed by atoms with E-state index in [2.05, 4.69) is 0 Å². The van der Waals surface area contributed by atoms with Gasteiger partial charge in [0.05, 0.1) is 7.11 Å². The van der Waals surface area contributed by atoms with Crippen molar-refractivity contribution in [2.75, 3.05) is 20.8 Å². The van der Waals surface area contributed by atoms with Crippen LogP contribution in [0.25, 0.3) is 0 Å². The maximum Gasteiger partial charge on any atom is 0.274 e. The van der Waals surface area contributed by atoms with Crippen LogP contribution in [0.5, 0.6) is 0 Å². The van der Waals surface area contributed by atoms with Crippen LogP contribution in [0.4, 0.5) is 0 Å². The molecule has 0 aromatic rings. The lowest BCUT2D eigenvalue weighted by Gasteiger charge is -2.17. The Bertz CT molecular complexity index is 143. The van der Waals surface area contributed by atoms with Gasteiger partial charge in [-0.2, -0.15) is 0 Å². The highest BCUT2D eigenvalue weighted by molar-refractivity contribution is 5.79. The molecule has 4 heteroatoms. The van der Waals surface area contributed by atoms with E-state index in [0.29, 0.717) is 6.61 Å². The van der Waals surface area contributed by atoms with E-state index < -0.39 is 0 Å². The molecule has 0 spiro atoms. The van der Waals surface area contributed by atoms with Crippen molar-refractivity contribution in [1.29, 1.82) is 0 Å². The zero-order valence-electron chi connectivity index (χ0n) is 6.87. The van der Waals surface area contributed by atoms with Crippen molar-refractivity contribution >= 4 is 5.91 Å². The van der Waals surface area contributed by atoms with Crippen molar-refractivity contribution in [3.63, 3.8) is 0 Å². The summed E-state index contributed by atoms with van der Waals surface area (Å²) in [6, 6.07) is 0. The summed E-state index contributed by atoms with van der Waals surface area (Å²) in [7, 11) is 3.05. The molecule has 0 aromatic carbocycles. The molecule has 1 atom stereocenters. The summed E-state index contributed by atoms with van der Waals surface area (Å²) in [5, 5.41) is 1.20. The Morgan fingerprint density at radius 1 is 1.73 bits per heavy atom. The number of hydroxylamine groups is 2. The van der Waals surface area contributed by atoms with E-state index in [1.807, 2.05) is 0 Å². The molecule has 0 aromatic heterocycles. The molecule has 4 nitrogen and oxygen atoms in total. The lowest BCUT2D eigenvalue weighted by molar-refractivity contribution is -0.178.